The Balaban J connectivity index is -0.0000000148. The molecule has 0 unspecified atom stereocenters. The van der Waals surface area contributed by atoms with Crippen molar-refractivity contribution in [2.24, 2.45) is 0 Å². The van der Waals surface area contributed by atoms with E-state index in [9.17, 15) is 109 Å². The molecule has 0 amide bonds. The second kappa shape index (κ2) is 151. The summed E-state index contributed by atoms with van der Waals surface area (Å²) in [6.45, 7) is 21.8. The summed E-state index contributed by atoms with van der Waals surface area (Å²) in [7, 11) is 0. The van der Waals surface area contributed by atoms with E-state index in [-0.39, 0.29) is 227 Å². The third-order valence-electron chi connectivity index (χ3n) is 2.89. The van der Waals surface area contributed by atoms with E-state index in [0.29, 0.717) is 0 Å². The van der Waals surface area contributed by atoms with Crippen molar-refractivity contribution in [2.45, 2.75) is 173 Å². The predicted octanol–water partition coefficient (Wildman–Crippen LogP) is -9.75. The van der Waals surface area contributed by atoms with Crippen molar-refractivity contribution in [2.75, 3.05) is 0 Å². The van der Waals surface area contributed by atoms with Gasteiger partial charge in [-0.1, -0.05) is 96.9 Å². The van der Waals surface area contributed by atoms with Crippen LogP contribution in [0.1, 0.15) is 161 Å². The van der Waals surface area contributed by atoms with Crippen LogP contribution in [0.15, 0.2) is 0 Å². The minimum Gasteiger partial charge on any atom is -2.00 e. The first-order valence-electron chi connectivity index (χ1n) is 17.5. The molecule has 0 N–H and O–H groups in total. The van der Waals surface area contributed by atoms with Gasteiger partial charge in [0.25, 0.3) is 0 Å². The maximum atomic E-state index is 9.53. The fourth-order valence-corrected chi connectivity index (χ4v) is 0. The monoisotopic (exact) mass is 1230 g/mol. The summed E-state index contributed by atoms with van der Waals surface area (Å²) in [5, 5.41) is 112. The van der Waals surface area contributed by atoms with Crippen LogP contribution in [-0.4, -0.2) is 71.9 Å². The Hall–Kier alpha value is -1.33. The fourth-order valence-electron chi connectivity index (χ4n) is 0. The molecule has 34 heteroatoms. The van der Waals surface area contributed by atoms with Gasteiger partial charge in [0.15, 0.2) is 0 Å². The number of rotatable bonds is 10. The summed E-state index contributed by atoms with van der Waals surface area (Å²) < 4.78 is 0. The van der Waals surface area contributed by atoms with E-state index in [1.807, 2.05) is 0 Å². The van der Waals surface area contributed by atoms with Gasteiger partial charge in [-0.25, -0.2) is 0 Å². The van der Waals surface area contributed by atoms with Crippen LogP contribution in [0.25, 0.3) is 0 Å². The molecule has 0 aliphatic rings. The molecule has 400 valence electrons. The molecule has 0 fully saturated rings. The molecule has 0 bridgehead atoms. The molecule has 28 nitrogen and oxygen atoms in total. The quantitative estimate of drug-likeness (QED) is 0.183. The Morgan fingerprint density at radius 3 is 0.243 bits per heavy atom. The summed E-state index contributed by atoms with van der Waals surface area (Å²) in [4.78, 5) is 92.6. The topological polar surface area (TPSA) is 618 Å². The van der Waals surface area contributed by atoms with Gasteiger partial charge in [-0.05, 0) is 64.2 Å². The van der Waals surface area contributed by atoms with Gasteiger partial charge in [0.1, 0.15) is 0 Å². The molecule has 0 aliphatic heterocycles. The minimum absolute atomic E-state index is 0. The molecule has 0 aliphatic carbocycles. The van der Waals surface area contributed by atoms with Gasteiger partial charge in [0.2, 0.25) is 0 Å². The van der Waals surface area contributed by atoms with E-state index in [1.54, 1.807) is 27.7 Å². The average Bonchev–Trinajstić information content (AvgIpc) is 3.12. The summed E-state index contributed by atoms with van der Waals surface area (Å²) in [5.74, 6) is -9.95. The predicted molar refractivity (Wildman–Crippen MR) is 187 cm³/mol. The zero-order valence-electron chi connectivity index (χ0n) is 41.7. The van der Waals surface area contributed by atoms with Crippen molar-refractivity contribution in [1.82, 2.24) is 0 Å². The largest absolute Gasteiger partial charge is 4.00 e. The van der Waals surface area contributed by atoms with E-state index in [4.69, 9.17) is 0 Å². The van der Waals surface area contributed by atoms with Gasteiger partial charge in [0.05, 0.1) is 0 Å². The zero-order chi connectivity index (χ0) is 50.0. The van der Waals surface area contributed by atoms with Crippen LogP contribution in [0.3, 0.4) is 0 Å². The number of hydrogen-bond acceptors (Lipinski definition) is 22. The summed E-state index contributed by atoms with van der Waals surface area (Å²) >= 11 is 0. The van der Waals surface area contributed by atoms with Gasteiger partial charge in [0, 0.05) is 59.7 Å². The van der Waals surface area contributed by atoms with E-state index in [0.717, 1.165) is 0 Å². The third-order valence-corrected chi connectivity index (χ3v) is 2.89. The number of carbonyl (C=O) groups is 10. The van der Waals surface area contributed by atoms with Crippen molar-refractivity contribution in [1.29, 1.82) is 0 Å². The van der Waals surface area contributed by atoms with Gasteiger partial charge in [-0.3, -0.25) is 0 Å². The number of hydrogen-bond donors (Lipinski definition) is 0. The first-order valence-corrected chi connectivity index (χ1v) is 17.5. The smallest absolute Gasteiger partial charge is 2.00 e. The number of carboxylic acid groups (broad SMARTS) is 10. The van der Waals surface area contributed by atoms with Crippen LogP contribution < -0.4 is 61.3 Å². The van der Waals surface area contributed by atoms with Crippen LogP contribution in [-0.2, 0) is 211 Å². The minimum atomic E-state index is -0.995. The maximum Gasteiger partial charge on any atom is 4.00 e. The van der Waals surface area contributed by atoms with Crippen molar-refractivity contribution in [3.8, 4) is 0 Å². The van der Waals surface area contributed by atoms with Crippen LogP contribution in [0, 0.1) is 0 Å². The molecule has 70 heavy (non-hydrogen) atoms. The maximum absolute atomic E-state index is 9.53. The second-order valence-corrected chi connectivity index (χ2v) is 9.35. The second-order valence-electron chi connectivity index (χ2n) is 9.35. The van der Waals surface area contributed by atoms with Crippen LogP contribution in [0.4, 0.5) is 0 Å². The summed E-state index contributed by atoms with van der Waals surface area (Å²) in [5.41, 5.74) is 0. The van der Waals surface area contributed by atoms with Gasteiger partial charge < -0.3 is 142 Å². The van der Waals surface area contributed by atoms with Crippen molar-refractivity contribution in [3.63, 3.8) is 0 Å². The SMILES string of the molecule is CC(C)[O-].CC(C)[O-].CCC(=O)[O-].CCC(=O)[O-].CCC(=O)[O-].CCC(=O)[O-].CCC(=O)[O-].CCC(=O)[O-].CCC(=O)[O-].CCC(=O)[O-].CCC(=O)[O-].CCC(=O)[O-].[O-2].[O-2].[O-2].[O-2].[O-2].[O-2].[Ti+4].[Ti+4].[Ti+4].[Ti+4].[Ti+4].[Ti+4]. The van der Waals surface area contributed by atoms with Crippen molar-refractivity contribution < 1.29 is 272 Å². The molecule has 0 aromatic rings. The number of carbonyl (C=O) groups excluding carboxylic acids is 10. The van der Waals surface area contributed by atoms with Crippen molar-refractivity contribution in [3.05, 3.63) is 0 Å². The summed E-state index contributed by atoms with van der Waals surface area (Å²) in [6, 6.07) is 0. The first kappa shape index (κ1) is 158. The molecule has 0 atom stereocenters. The molecule has 0 saturated carbocycles. The molecule has 0 aromatic carbocycles. The Morgan fingerprint density at radius 2 is 0.243 bits per heavy atom. The van der Waals surface area contributed by atoms with Gasteiger partial charge in [-0.15, -0.1) is 12.2 Å². The molecular formula is C36H64O28Ti6. The molecule has 0 rings (SSSR count). The standard InChI is InChI=1S/10C3H6O2.2C3H7O.6O.6Ti/c10*1-2-3(4)5;2*1-3(2)4;;;;;;;;;;;;/h10*2H2,1H3,(H,4,5);2*3H,1-2H3;;;;;;;;;;;;/q;;;;;;;;;;2*-1;6*-2;6*+4/p-10. The number of aliphatic carboxylic acids is 10. The van der Waals surface area contributed by atoms with Crippen LogP contribution >= 0.6 is 0 Å². The first-order chi connectivity index (χ1) is 26.2. The van der Waals surface area contributed by atoms with E-state index in [2.05, 4.69) is 0 Å². The Bertz CT molecular complexity index is 754. The van der Waals surface area contributed by atoms with E-state index < -0.39 is 71.9 Å². The van der Waals surface area contributed by atoms with Crippen LogP contribution in [0.5, 0.6) is 0 Å². The number of carboxylic acids is 10. The fraction of sp³-hybridized carbons (Fsp3) is 0.722. The molecule has 0 saturated heterocycles. The summed E-state index contributed by atoms with van der Waals surface area (Å²) in [6.07, 6.45) is 0.278. The van der Waals surface area contributed by atoms with E-state index in [1.165, 1.54) is 69.2 Å². The van der Waals surface area contributed by atoms with Gasteiger partial charge in [-0.2, -0.15) is 0 Å². The normalized spacial score (nSPS) is 6.31. The zero-order valence-corrected chi connectivity index (χ0v) is 51.0. The van der Waals surface area contributed by atoms with Gasteiger partial charge >= 0.3 is 130 Å². The molecule has 0 spiro atoms. The molecule has 0 radical (unpaired) electrons. The molecular weight excluding hydrogens is 1170 g/mol. The van der Waals surface area contributed by atoms with E-state index >= 15 is 0 Å². The average molecular weight is 1230 g/mol. The molecule has 0 aromatic heterocycles. The third kappa shape index (κ3) is 825. The molecule has 0 heterocycles. The Morgan fingerprint density at radius 1 is 0.229 bits per heavy atom. The van der Waals surface area contributed by atoms with Crippen molar-refractivity contribution >= 4 is 59.7 Å². The Kier molecular flexibility index (Phi) is 339. The Labute approximate surface area is 501 Å². The van der Waals surface area contributed by atoms with Crippen LogP contribution in [0.2, 0.25) is 0 Å².